The van der Waals surface area contributed by atoms with Gasteiger partial charge in [0.2, 0.25) is 0 Å². The van der Waals surface area contributed by atoms with Crippen LogP contribution in [-0.2, 0) is 0 Å². The lowest BCUT2D eigenvalue weighted by molar-refractivity contribution is 0.702. The van der Waals surface area contributed by atoms with Crippen molar-refractivity contribution in [2.75, 3.05) is 7.05 Å². The van der Waals surface area contributed by atoms with Gasteiger partial charge in [-0.2, -0.15) is 0 Å². The Labute approximate surface area is 112 Å². The molecule has 0 bridgehead atoms. The zero-order chi connectivity index (χ0) is 13.4. The molecule has 0 radical (unpaired) electrons. The minimum atomic E-state index is 0.667. The van der Waals surface area contributed by atoms with Crippen LogP contribution in [0, 0.1) is 5.92 Å². The second-order valence-electron chi connectivity index (χ2n) is 4.31. The Balaban J connectivity index is 0.00000121. The summed E-state index contributed by atoms with van der Waals surface area (Å²) in [5.74, 6) is 0.667. The molecule has 0 atom stereocenters. The molecule has 0 unspecified atom stereocenters. The van der Waals surface area contributed by atoms with Crippen molar-refractivity contribution in [1.82, 2.24) is 5.32 Å². The van der Waals surface area contributed by atoms with Gasteiger partial charge in [-0.05, 0) is 31.3 Å². The van der Waals surface area contributed by atoms with Crippen molar-refractivity contribution in [3.05, 3.63) is 33.9 Å². The lowest BCUT2D eigenvalue weighted by Crippen LogP contribution is -2.06. The average molecular weight is 253 g/mol. The van der Waals surface area contributed by atoms with Crippen LogP contribution in [0.15, 0.2) is 33.9 Å². The molecule has 0 amide bonds. The summed E-state index contributed by atoms with van der Waals surface area (Å²) in [5.41, 5.74) is 4.03. The highest BCUT2D eigenvalue weighted by Gasteiger charge is 2.11. The molecular weight excluding hydrogens is 226 g/mol. The molecule has 1 nitrogen and oxygen atoms in total. The largest absolute Gasteiger partial charge is 0.391 e. The SMILES string of the molecule is CC.CN/C(C)=C(\S)C1=CC=C(C(C)C)CC1. The van der Waals surface area contributed by atoms with E-state index in [9.17, 15) is 0 Å². The van der Waals surface area contributed by atoms with Crippen LogP contribution in [0.4, 0.5) is 0 Å². The van der Waals surface area contributed by atoms with Gasteiger partial charge < -0.3 is 5.32 Å². The summed E-state index contributed by atoms with van der Waals surface area (Å²) in [7, 11) is 1.93. The fourth-order valence-electron chi connectivity index (χ4n) is 1.69. The normalized spacial score (nSPS) is 16.5. The number of hydrogen-bond acceptors (Lipinski definition) is 2. The predicted molar refractivity (Wildman–Crippen MR) is 82.3 cm³/mol. The number of hydrogen-bond donors (Lipinski definition) is 2. The van der Waals surface area contributed by atoms with E-state index >= 15 is 0 Å². The van der Waals surface area contributed by atoms with Crippen molar-refractivity contribution in [2.45, 2.75) is 47.5 Å². The van der Waals surface area contributed by atoms with Crippen LogP contribution in [0.2, 0.25) is 0 Å². The van der Waals surface area contributed by atoms with Crippen molar-refractivity contribution < 1.29 is 0 Å². The molecule has 1 aliphatic carbocycles. The lowest BCUT2D eigenvalue weighted by Gasteiger charge is -2.18. The van der Waals surface area contributed by atoms with E-state index in [1.165, 1.54) is 12.0 Å². The zero-order valence-corrected chi connectivity index (χ0v) is 13.0. The van der Waals surface area contributed by atoms with E-state index in [1.807, 2.05) is 20.9 Å². The summed E-state index contributed by atoms with van der Waals surface area (Å²) in [5, 5.41) is 3.14. The fourth-order valence-corrected chi connectivity index (χ4v) is 1.99. The van der Waals surface area contributed by atoms with Crippen molar-refractivity contribution in [1.29, 1.82) is 0 Å². The van der Waals surface area contributed by atoms with Crippen LogP contribution in [0.3, 0.4) is 0 Å². The van der Waals surface area contributed by atoms with Crippen LogP contribution in [0.1, 0.15) is 47.5 Å². The molecule has 2 heteroatoms. The first-order valence-corrected chi connectivity index (χ1v) is 6.98. The van der Waals surface area contributed by atoms with Gasteiger partial charge in [0.1, 0.15) is 0 Å². The molecule has 17 heavy (non-hydrogen) atoms. The maximum atomic E-state index is 4.55. The van der Waals surface area contributed by atoms with Crippen LogP contribution < -0.4 is 5.32 Å². The number of nitrogens with one attached hydrogen (secondary N) is 1. The Hall–Kier alpha value is -0.630. The maximum Gasteiger partial charge on any atom is 0.0259 e. The van der Waals surface area contributed by atoms with Gasteiger partial charge in [0, 0.05) is 17.6 Å². The van der Waals surface area contributed by atoms with Crippen molar-refractivity contribution in [3.63, 3.8) is 0 Å². The van der Waals surface area contributed by atoms with E-state index < -0.39 is 0 Å². The first-order chi connectivity index (χ1) is 8.06. The van der Waals surface area contributed by atoms with E-state index in [0.29, 0.717) is 5.92 Å². The van der Waals surface area contributed by atoms with E-state index in [1.54, 1.807) is 5.57 Å². The van der Waals surface area contributed by atoms with Gasteiger partial charge >= 0.3 is 0 Å². The number of rotatable bonds is 3. The molecule has 0 heterocycles. The minimum absolute atomic E-state index is 0.667. The van der Waals surface area contributed by atoms with Gasteiger partial charge in [0.25, 0.3) is 0 Å². The molecule has 0 aromatic rings. The van der Waals surface area contributed by atoms with Gasteiger partial charge in [0.05, 0.1) is 0 Å². The highest BCUT2D eigenvalue weighted by Crippen LogP contribution is 2.30. The van der Waals surface area contributed by atoms with Crippen LogP contribution in [0.25, 0.3) is 0 Å². The summed E-state index contributed by atoms with van der Waals surface area (Å²) >= 11 is 4.55. The minimum Gasteiger partial charge on any atom is -0.391 e. The van der Waals surface area contributed by atoms with Crippen molar-refractivity contribution in [2.24, 2.45) is 5.92 Å². The molecule has 0 aromatic carbocycles. The summed E-state index contributed by atoms with van der Waals surface area (Å²) < 4.78 is 0. The number of allylic oxidation sites excluding steroid dienone is 5. The first-order valence-electron chi connectivity index (χ1n) is 6.53. The highest BCUT2D eigenvalue weighted by molar-refractivity contribution is 7.84. The molecule has 0 saturated carbocycles. The van der Waals surface area contributed by atoms with E-state index in [2.05, 4.69) is 50.9 Å². The fraction of sp³-hybridized carbons (Fsp3) is 0.600. The van der Waals surface area contributed by atoms with Gasteiger partial charge in [0.15, 0.2) is 0 Å². The Morgan fingerprint density at radius 2 is 1.82 bits per heavy atom. The second-order valence-corrected chi connectivity index (χ2v) is 4.76. The van der Waals surface area contributed by atoms with Gasteiger partial charge in [-0.25, -0.2) is 0 Å². The molecule has 1 rings (SSSR count). The molecule has 0 aliphatic heterocycles. The van der Waals surface area contributed by atoms with Gasteiger partial charge in [-0.15, -0.1) is 12.6 Å². The third-order valence-electron chi connectivity index (χ3n) is 2.96. The second kappa shape index (κ2) is 8.46. The topological polar surface area (TPSA) is 12.0 Å². The Kier molecular flexibility index (Phi) is 8.15. The van der Waals surface area contributed by atoms with E-state index in [0.717, 1.165) is 17.0 Å². The van der Waals surface area contributed by atoms with E-state index in [4.69, 9.17) is 0 Å². The van der Waals surface area contributed by atoms with Crippen molar-refractivity contribution in [3.8, 4) is 0 Å². The van der Waals surface area contributed by atoms with Crippen LogP contribution in [0.5, 0.6) is 0 Å². The summed E-state index contributed by atoms with van der Waals surface area (Å²) in [6, 6.07) is 0. The third kappa shape index (κ3) is 5.03. The summed E-state index contributed by atoms with van der Waals surface area (Å²) in [4.78, 5) is 1.09. The molecule has 0 spiro atoms. The Bertz CT molecular complexity index is 322. The van der Waals surface area contributed by atoms with Gasteiger partial charge in [-0.3, -0.25) is 0 Å². The Morgan fingerprint density at radius 1 is 1.24 bits per heavy atom. The first kappa shape index (κ1) is 16.4. The summed E-state index contributed by atoms with van der Waals surface area (Å²) in [6.07, 6.45) is 6.75. The average Bonchev–Trinajstić information content (AvgIpc) is 2.39. The molecule has 0 fully saturated rings. The molecule has 0 aromatic heterocycles. The molecule has 0 saturated heterocycles. The quantitative estimate of drug-likeness (QED) is 0.695. The van der Waals surface area contributed by atoms with Crippen molar-refractivity contribution >= 4 is 12.6 Å². The predicted octanol–water partition coefficient (Wildman–Crippen LogP) is 4.70. The van der Waals surface area contributed by atoms with E-state index in [-0.39, 0.29) is 0 Å². The van der Waals surface area contributed by atoms with Crippen LogP contribution in [-0.4, -0.2) is 7.05 Å². The summed E-state index contributed by atoms with van der Waals surface area (Å²) in [6.45, 7) is 10.6. The standard InChI is InChI=1S/C13H21NS.C2H6/c1-9(2)11-5-7-12(8-6-11)13(15)10(3)14-4;1-2/h5,7,9,14-15H,6,8H2,1-4H3;1-2H3/b13-10-;. The van der Waals surface area contributed by atoms with Crippen LogP contribution >= 0.6 is 12.6 Å². The zero-order valence-electron chi connectivity index (χ0n) is 12.1. The highest BCUT2D eigenvalue weighted by atomic mass is 32.1. The Morgan fingerprint density at radius 3 is 2.18 bits per heavy atom. The maximum absolute atomic E-state index is 4.55. The van der Waals surface area contributed by atoms with Gasteiger partial charge in [-0.1, -0.05) is 45.4 Å². The molecular formula is C15H27NS. The monoisotopic (exact) mass is 253 g/mol. The lowest BCUT2D eigenvalue weighted by atomic mass is 9.91. The number of thiol groups is 1. The molecule has 1 aliphatic rings. The smallest absolute Gasteiger partial charge is 0.0259 e. The molecule has 1 N–H and O–H groups in total. The third-order valence-corrected chi connectivity index (χ3v) is 3.58. The molecule has 98 valence electrons.